The maximum Gasteiger partial charge on any atom is 0.251 e. The van der Waals surface area contributed by atoms with Crippen molar-refractivity contribution in [3.05, 3.63) is 101 Å². The molecule has 4 rings (SSSR count). The Hall–Kier alpha value is -3.61. The van der Waals surface area contributed by atoms with Crippen LogP contribution in [-0.4, -0.2) is 27.5 Å². The molecule has 0 aliphatic heterocycles. The predicted octanol–water partition coefficient (Wildman–Crippen LogP) is 3.90. The van der Waals surface area contributed by atoms with Crippen molar-refractivity contribution < 1.29 is 9.90 Å². The number of aryl methyl sites for hydroxylation is 1. The van der Waals surface area contributed by atoms with E-state index in [1.807, 2.05) is 61.6 Å². The molecule has 6 heteroatoms. The number of rotatable bonds is 8. The highest BCUT2D eigenvalue weighted by atomic mass is 16.3. The highest BCUT2D eigenvalue weighted by Crippen LogP contribution is 2.24. The van der Waals surface area contributed by atoms with E-state index in [1.54, 1.807) is 12.1 Å². The van der Waals surface area contributed by atoms with Crippen LogP contribution in [0.1, 0.15) is 32.6 Å². The van der Waals surface area contributed by atoms with E-state index in [2.05, 4.69) is 28.0 Å². The van der Waals surface area contributed by atoms with E-state index in [0.717, 1.165) is 40.7 Å². The van der Waals surface area contributed by atoms with Crippen molar-refractivity contribution in [2.24, 2.45) is 12.8 Å². The summed E-state index contributed by atoms with van der Waals surface area (Å²) in [4.78, 5) is 15.0. The summed E-state index contributed by atoms with van der Waals surface area (Å²) in [7, 11) is 4.09. The van der Waals surface area contributed by atoms with Gasteiger partial charge in [0.25, 0.3) is 5.91 Å². The van der Waals surface area contributed by atoms with E-state index in [1.165, 1.54) is 5.56 Å². The van der Waals surface area contributed by atoms with Crippen LogP contribution >= 0.6 is 0 Å². The molecule has 170 valence electrons. The number of carbonyl (C=O) groups excluding carboxylic acids is 1. The zero-order chi connectivity index (χ0) is 23.4. The lowest BCUT2D eigenvalue weighted by molar-refractivity contribution is 0.0951. The van der Waals surface area contributed by atoms with Gasteiger partial charge in [-0.2, -0.15) is 0 Å². The Morgan fingerprint density at radius 3 is 2.33 bits per heavy atom. The van der Waals surface area contributed by atoms with Crippen LogP contribution in [0.2, 0.25) is 0 Å². The first kappa shape index (κ1) is 22.6. The quantitative estimate of drug-likeness (QED) is 0.386. The summed E-state index contributed by atoms with van der Waals surface area (Å²) in [5.74, 6) is 0.181. The van der Waals surface area contributed by atoms with Gasteiger partial charge in [-0.15, -0.1) is 0 Å². The maximum absolute atomic E-state index is 12.8. The van der Waals surface area contributed by atoms with Crippen molar-refractivity contribution in [3.63, 3.8) is 0 Å². The molecule has 6 nitrogen and oxygen atoms in total. The van der Waals surface area contributed by atoms with Gasteiger partial charge in [0.1, 0.15) is 5.75 Å². The maximum atomic E-state index is 12.8. The number of amides is 1. The molecule has 1 amide bonds. The van der Waals surface area contributed by atoms with E-state index in [0.29, 0.717) is 18.7 Å². The van der Waals surface area contributed by atoms with Gasteiger partial charge in [0.15, 0.2) is 0 Å². The lowest BCUT2D eigenvalue weighted by Gasteiger charge is -2.16. The normalized spacial score (nSPS) is 11.3. The van der Waals surface area contributed by atoms with Gasteiger partial charge in [0.2, 0.25) is 0 Å². The van der Waals surface area contributed by atoms with Crippen molar-refractivity contribution >= 4 is 16.8 Å². The molecule has 0 radical (unpaired) electrons. The van der Waals surface area contributed by atoms with Crippen LogP contribution in [0.25, 0.3) is 10.9 Å². The molecule has 3 aromatic carbocycles. The zero-order valence-electron chi connectivity index (χ0n) is 19.1. The highest BCUT2D eigenvalue weighted by molar-refractivity contribution is 5.99. The molecule has 4 aromatic rings. The monoisotopic (exact) mass is 442 g/mol. The second-order valence-corrected chi connectivity index (χ2v) is 8.54. The van der Waals surface area contributed by atoms with Crippen LogP contribution in [0.4, 0.5) is 0 Å². The van der Waals surface area contributed by atoms with Crippen LogP contribution < -0.4 is 11.1 Å². The molecular weight excluding hydrogens is 412 g/mol. The summed E-state index contributed by atoms with van der Waals surface area (Å²) in [6, 6.07) is 21.1. The summed E-state index contributed by atoms with van der Waals surface area (Å²) in [5.41, 5.74) is 11.8. The van der Waals surface area contributed by atoms with Crippen molar-refractivity contribution in [3.8, 4) is 5.75 Å². The summed E-state index contributed by atoms with van der Waals surface area (Å²) in [6.07, 6.45) is 2.12. The molecule has 4 N–H and O–H groups in total. The second kappa shape index (κ2) is 9.90. The van der Waals surface area contributed by atoms with E-state index in [4.69, 9.17) is 5.73 Å². The fourth-order valence-corrected chi connectivity index (χ4v) is 4.08. The average molecular weight is 443 g/mol. The Morgan fingerprint density at radius 2 is 1.64 bits per heavy atom. The Morgan fingerprint density at radius 1 is 0.970 bits per heavy atom. The molecule has 0 unspecified atom stereocenters. The predicted molar refractivity (Wildman–Crippen MR) is 132 cm³/mol. The third-order valence-electron chi connectivity index (χ3n) is 5.88. The van der Waals surface area contributed by atoms with Crippen molar-refractivity contribution in [1.82, 2.24) is 14.8 Å². The number of hydrogen-bond acceptors (Lipinski definition) is 4. The van der Waals surface area contributed by atoms with Crippen molar-refractivity contribution in [2.75, 3.05) is 7.05 Å². The van der Waals surface area contributed by atoms with Gasteiger partial charge in [-0.3, -0.25) is 9.69 Å². The fourth-order valence-electron chi connectivity index (χ4n) is 4.08. The fraction of sp³-hybridized carbons (Fsp3) is 0.222. The van der Waals surface area contributed by atoms with Crippen LogP contribution in [0.15, 0.2) is 72.9 Å². The smallest absolute Gasteiger partial charge is 0.251 e. The summed E-state index contributed by atoms with van der Waals surface area (Å²) in [6.45, 7) is 2.49. The standard InChI is InChI=1S/C27H30N4O2/c1-30(16-21-7-10-24(32)11-8-21)17-23-18-31(2)26-12-9-22(13-25(23)26)27(33)29-15-20-5-3-19(14-28)4-6-20/h3-13,18,32H,14-17,28H2,1-2H3,(H,29,33). The SMILES string of the molecule is CN(Cc1ccc(O)cc1)Cc1cn(C)c2ccc(C(=O)NCc3ccc(CN)cc3)cc12. The minimum absolute atomic E-state index is 0.0907. The van der Waals surface area contributed by atoms with E-state index in [9.17, 15) is 9.90 Å². The molecule has 1 heterocycles. The van der Waals surface area contributed by atoms with Gasteiger partial charge in [0.05, 0.1) is 0 Å². The lowest BCUT2D eigenvalue weighted by Crippen LogP contribution is -2.22. The van der Waals surface area contributed by atoms with Crippen molar-refractivity contribution in [2.45, 2.75) is 26.2 Å². The molecule has 0 spiro atoms. The first-order valence-electron chi connectivity index (χ1n) is 11.0. The number of carbonyl (C=O) groups is 1. The molecule has 0 aliphatic carbocycles. The Bertz CT molecular complexity index is 1240. The van der Waals surface area contributed by atoms with Crippen LogP contribution in [-0.2, 0) is 33.2 Å². The molecule has 33 heavy (non-hydrogen) atoms. The van der Waals surface area contributed by atoms with Gasteiger partial charge in [-0.25, -0.2) is 0 Å². The first-order chi connectivity index (χ1) is 15.9. The van der Waals surface area contributed by atoms with Crippen LogP contribution in [0.3, 0.4) is 0 Å². The number of aromatic nitrogens is 1. The largest absolute Gasteiger partial charge is 0.508 e. The third-order valence-corrected chi connectivity index (χ3v) is 5.88. The van der Waals surface area contributed by atoms with E-state index in [-0.39, 0.29) is 11.7 Å². The Kier molecular flexibility index (Phi) is 6.77. The second-order valence-electron chi connectivity index (χ2n) is 8.54. The number of phenols is 1. The summed E-state index contributed by atoms with van der Waals surface area (Å²) in [5, 5.41) is 13.6. The van der Waals surface area contributed by atoms with E-state index < -0.39 is 0 Å². The number of fused-ring (bicyclic) bond motifs is 1. The Balaban J connectivity index is 1.47. The molecule has 0 aliphatic rings. The van der Waals surface area contributed by atoms with Crippen LogP contribution in [0, 0.1) is 0 Å². The number of hydrogen-bond donors (Lipinski definition) is 3. The molecule has 0 bridgehead atoms. The van der Waals surface area contributed by atoms with Gasteiger partial charge in [-0.1, -0.05) is 36.4 Å². The number of nitrogens with zero attached hydrogens (tertiary/aromatic N) is 2. The van der Waals surface area contributed by atoms with Gasteiger partial charge >= 0.3 is 0 Å². The summed E-state index contributed by atoms with van der Waals surface area (Å²) >= 11 is 0. The molecule has 1 aromatic heterocycles. The van der Waals surface area contributed by atoms with Gasteiger partial charge in [0, 0.05) is 55.9 Å². The molecular formula is C27H30N4O2. The number of aromatic hydroxyl groups is 1. The Labute approximate surface area is 194 Å². The lowest BCUT2D eigenvalue weighted by atomic mass is 10.1. The molecule has 0 saturated carbocycles. The molecule has 0 saturated heterocycles. The molecule has 0 fully saturated rings. The zero-order valence-corrected chi connectivity index (χ0v) is 19.1. The number of phenolic OH excluding ortho intramolecular Hbond substituents is 1. The summed E-state index contributed by atoms with van der Waals surface area (Å²) < 4.78 is 2.10. The minimum Gasteiger partial charge on any atom is -0.508 e. The van der Waals surface area contributed by atoms with Gasteiger partial charge < -0.3 is 20.7 Å². The minimum atomic E-state index is -0.0907. The highest BCUT2D eigenvalue weighted by Gasteiger charge is 2.13. The number of nitrogens with one attached hydrogen (secondary N) is 1. The topological polar surface area (TPSA) is 83.5 Å². The molecule has 0 atom stereocenters. The van der Waals surface area contributed by atoms with E-state index >= 15 is 0 Å². The van der Waals surface area contributed by atoms with Crippen molar-refractivity contribution in [1.29, 1.82) is 0 Å². The number of benzene rings is 3. The average Bonchev–Trinajstić information content (AvgIpc) is 3.13. The number of nitrogens with two attached hydrogens (primary N) is 1. The van der Waals surface area contributed by atoms with Crippen LogP contribution in [0.5, 0.6) is 5.75 Å². The third kappa shape index (κ3) is 5.42. The first-order valence-corrected chi connectivity index (χ1v) is 11.0. The van der Waals surface area contributed by atoms with Gasteiger partial charge in [-0.05, 0) is 59.6 Å².